The molecule has 2 heterocycles. The van der Waals surface area contributed by atoms with Crippen molar-refractivity contribution in [3.05, 3.63) is 42.2 Å². The Morgan fingerprint density at radius 1 is 1.09 bits per heavy atom. The minimum absolute atomic E-state index is 0.0266. The highest BCUT2D eigenvalue weighted by Gasteiger charge is 2.27. The number of hydrogen-bond acceptors (Lipinski definition) is 7. The van der Waals surface area contributed by atoms with Crippen molar-refractivity contribution in [2.24, 2.45) is 5.92 Å². The fourth-order valence-corrected chi connectivity index (χ4v) is 4.83. The van der Waals surface area contributed by atoms with Gasteiger partial charge in [0.15, 0.2) is 5.13 Å². The van der Waals surface area contributed by atoms with E-state index in [1.165, 1.54) is 0 Å². The first kappa shape index (κ1) is 23.0. The van der Waals surface area contributed by atoms with Crippen molar-refractivity contribution in [1.82, 2.24) is 20.6 Å². The van der Waals surface area contributed by atoms with Crippen molar-refractivity contribution >= 4 is 38.5 Å². The lowest BCUT2D eigenvalue weighted by atomic mass is 9.90. The molecule has 0 saturated heterocycles. The van der Waals surface area contributed by atoms with Crippen LogP contribution in [0.15, 0.2) is 36.5 Å². The third-order valence-electron chi connectivity index (χ3n) is 5.71. The third kappa shape index (κ3) is 5.60. The standard InChI is InChI=1S/C24H29N5O3S/c1-14(2)22(30)27-17-6-4-5-7-18(17)28-24-29-19-9-8-15(13-21(19)33-24)32-16-10-11-26-20(12-16)23(31)25-3/h8-14,17-18H,4-7H2,1-3H3,(H,25,31)(H,27,30)(H,28,29)/t17-,18-/m1/s1. The van der Waals surface area contributed by atoms with E-state index in [-0.39, 0.29) is 29.8 Å². The van der Waals surface area contributed by atoms with Crippen LogP contribution in [0.5, 0.6) is 11.5 Å². The zero-order valence-corrected chi connectivity index (χ0v) is 19.9. The van der Waals surface area contributed by atoms with E-state index in [0.29, 0.717) is 17.2 Å². The summed E-state index contributed by atoms with van der Waals surface area (Å²) >= 11 is 1.56. The molecular weight excluding hydrogens is 438 g/mol. The first-order valence-electron chi connectivity index (χ1n) is 11.3. The van der Waals surface area contributed by atoms with Crippen molar-refractivity contribution in [3.8, 4) is 11.5 Å². The number of nitrogens with one attached hydrogen (secondary N) is 3. The molecule has 1 saturated carbocycles. The van der Waals surface area contributed by atoms with E-state index < -0.39 is 0 Å². The van der Waals surface area contributed by atoms with E-state index in [0.717, 1.165) is 41.0 Å². The van der Waals surface area contributed by atoms with Crippen LogP contribution in [-0.4, -0.2) is 40.9 Å². The summed E-state index contributed by atoms with van der Waals surface area (Å²) in [4.78, 5) is 32.8. The Labute approximate surface area is 197 Å². The summed E-state index contributed by atoms with van der Waals surface area (Å²) in [7, 11) is 1.56. The second kappa shape index (κ2) is 10.2. The van der Waals surface area contributed by atoms with Gasteiger partial charge in [-0.2, -0.15) is 0 Å². The van der Waals surface area contributed by atoms with Gasteiger partial charge in [-0.1, -0.05) is 38.0 Å². The van der Waals surface area contributed by atoms with Gasteiger partial charge in [-0.25, -0.2) is 4.98 Å². The van der Waals surface area contributed by atoms with E-state index in [9.17, 15) is 9.59 Å². The highest BCUT2D eigenvalue weighted by molar-refractivity contribution is 7.22. The molecular formula is C24H29N5O3S. The van der Waals surface area contributed by atoms with Crippen LogP contribution in [0.4, 0.5) is 5.13 Å². The second-order valence-electron chi connectivity index (χ2n) is 8.51. The molecule has 0 spiro atoms. The van der Waals surface area contributed by atoms with Gasteiger partial charge in [-0.3, -0.25) is 14.6 Å². The smallest absolute Gasteiger partial charge is 0.269 e. The predicted molar refractivity (Wildman–Crippen MR) is 130 cm³/mol. The average Bonchev–Trinajstić information content (AvgIpc) is 3.21. The molecule has 2 amide bonds. The lowest BCUT2D eigenvalue weighted by Gasteiger charge is -2.33. The van der Waals surface area contributed by atoms with Gasteiger partial charge >= 0.3 is 0 Å². The van der Waals surface area contributed by atoms with E-state index in [1.807, 2.05) is 32.0 Å². The first-order chi connectivity index (χ1) is 15.9. The lowest BCUT2D eigenvalue weighted by Crippen LogP contribution is -2.49. The molecule has 2 aromatic heterocycles. The zero-order chi connectivity index (χ0) is 23.4. The van der Waals surface area contributed by atoms with Crippen molar-refractivity contribution < 1.29 is 14.3 Å². The van der Waals surface area contributed by atoms with Gasteiger partial charge in [0, 0.05) is 43.4 Å². The molecule has 0 unspecified atom stereocenters. The minimum Gasteiger partial charge on any atom is -0.457 e. The number of anilines is 1. The van der Waals surface area contributed by atoms with E-state index in [1.54, 1.807) is 36.7 Å². The molecule has 4 rings (SSSR count). The maximum absolute atomic E-state index is 12.2. The number of pyridine rings is 1. The predicted octanol–water partition coefficient (Wildman–Crippen LogP) is 4.34. The number of benzene rings is 1. The van der Waals surface area contributed by atoms with Crippen LogP contribution in [0.3, 0.4) is 0 Å². The largest absolute Gasteiger partial charge is 0.457 e. The number of amides is 2. The molecule has 0 aliphatic heterocycles. The molecule has 3 N–H and O–H groups in total. The summed E-state index contributed by atoms with van der Waals surface area (Å²) in [5, 5.41) is 10.2. The molecule has 0 radical (unpaired) electrons. The summed E-state index contributed by atoms with van der Waals surface area (Å²) in [6, 6.07) is 9.32. The lowest BCUT2D eigenvalue weighted by molar-refractivity contribution is -0.125. The summed E-state index contributed by atoms with van der Waals surface area (Å²) in [5.74, 6) is 1.000. The van der Waals surface area contributed by atoms with Crippen LogP contribution in [0, 0.1) is 5.92 Å². The Bertz CT molecular complexity index is 1150. The summed E-state index contributed by atoms with van der Waals surface area (Å²) < 4.78 is 6.95. The maximum Gasteiger partial charge on any atom is 0.269 e. The van der Waals surface area contributed by atoms with Gasteiger partial charge in [0.05, 0.1) is 10.2 Å². The molecule has 1 aliphatic rings. The van der Waals surface area contributed by atoms with Gasteiger partial charge in [0.1, 0.15) is 17.2 Å². The number of carbonyl (C=O) groups is 2. The quantitative estimate of drug-likeness (QED) is 0.477. The van der Waals surface area contributed by atoms with Crippen LogP contribution in [0.2, 0.25) is 0 Å². The second-order valence-corrected chi connectivity index (χ2v) is 9.54. The maximum atomic E-state index is 12.2. The topological polar surface area (TPSA) is 105 Å². The Morgan fingerprint density at radius 3 is 2.61 bits per heavy atom. The molecule has 1 aliphatic carbocycles. The molecule has 8 nitrogen and oxygen atoms in total. The van der Waals surface area contributed by atoms with Crippen molar-refractivity contribution in [2.45, 2.75) is 51.6 Å². The van der Waals surface area contributed by atoms with Crippen LogP contribution in [0.1, 0.15) is 50.0 Å². The Kier molecular flexibility index (Phi) is 7.08. The normalized spacial score (nSPS) is 18.2. The van der Waals surface area contributed by atoms with Gasteiger partial charge in [-0.15, -0.1) is 0 Å². The first-order valence-corrected chi connectivity index (χ1v) is 12.1. The SMILES string of the molecule is CNC(=O)c1cc(Oc2ccc3nc(N[C@@H]4CCCC[C@H]4NC(=O)C(C)C)sc3c2)ccn1. The van der Waals surface area contributed by atoms with Gasteiger partial charge in [0.2, 0.25) is 5.91 Å². The molecule has 2 atom stereocenters. The van der Waals surface area contributed by atoms with Crippen LogP contribution in [-0.2, 0) is 4.79 Å². The van der Waals surface area contributed by atoms with Crippen molar-refractivity contribution in [1.29, 1.82) is 0 Å². The van der Waals surface area contributed by atoms with Crippen LogP contribution in [0.25, 0.3) is 10.2 Å². The molecule has 33 heavy (non-hydrogen) atoms. The number of ether oxygens (including phenoxy) is 1. The summed E-state index contributed by atoms with van der Waals surface area (Å²) in [6.07, 6.45) is 5.79. The van der Waals surface area contributed by atoms with Gasteiger partial charge in [-0.05, 0) is 31.0 Å². The molecule has 1 fully saturated rings. The van der Waals surface area contributed by atoms with Crippen molar-refractivity contribution in [3.63, 3.8) is 0 Å². The fourth-order valence-electron chi connectivity index (χ4n) is 3.88. The number of aromatic nitrogens is 2. The third-order valence-corrected chi connectivity index (χ3v) is 6.66. The van der Waals surface area contributed by atoms with Crippen LogP contribution < -0.4 is 20.7 Å². The molecule has 1 aromatic carbocycles. The number of carbonyl (C=O) groups excluding carboxylic acids is 2. The highest BCUT2D eigenvalue weighted by atomic mass is 32.1. The van der Waals surface area contributed by atoms with E-state index in [4.69, 9.17) is 9.72 Å². The number of hydrogen-bond donors (Lipinski definition) is 3. The van der Waals surface area contributed by atoms with E-state index >= 15 is 0 Å². The van der Waals surface area contributed by atoms with E-state index in [2.05, 4.69) is 20.9 Å². The average molecular weight is 468 g/mol. The van der Waals surface area contributed by atoms with Crippen molar-refractivity contribution in [2.75, 3.05) is 12.4 Å². The van der Waals surface area contributed by atoms with Gasteiger partial charge in [0.25, 0.3) is 5.91 Å². The number of fused-ring (bicyclic) bond motifs is 1. The summed E-state index contributed by atoms with van der Waals surface area (Å²) in [6.45, 7) is 3.83. The van der Waals surface area contributed by atoms with Crippen LogP contribution >= 0.6 is 11.3 Å². The minimum atomic E-state index is -0.264. The summed E-state index contributed by atoms with van der Waals surface area (Å²) in [5.41, 5.74) is 1.18. The molecule has 174 valence electrons. The Hall–Kier alpha value is -3.20. The highest BCUT2D eigenvalue weighted by Crippen LogP contribution is 2.33. The zero-order valence-electron chi connectivity index (χ0n) is 19.1. The Morgan fingerprint density at radius 2 is 1.85 bits per heavy atom. The Balaban J connectivity index is 1.47. The number of rotatable bonds is 7. The molecule has 0 bridgehead atoms. The number of nitrogens with zero attached hydrogens (tertiary/aromatic N) is 2. The molecule has 3 aromatic rings. The fraction of sp³-hybridized carbons (Fsp3) is 0.417. The molecule has 9 heteroatoms. The van der Waals surface area contributed by atoms with Gasteiger partial charge < -0.3 is 20.7 Å². The monoisotopic (exact) mass is 467 g/mol. The number of thiazole rings is 1.